The van der Waals surface area contributed by atoms with Crippen molar-refractivity contribution < 1.29 is 42.2 Å². The average molecular weight is 387 g/mol. The van der Waals surface area contributed by atoms with Gasteiger partial charge in [-0.3, -0.25) is 14.4 Å². The third-order valence-corrected chi connectivity index (χ3v) is 3.64. The molecule has 0 saturated heterocycles. The predicted octanol–water partition coefficient (Wildman–Crippen LogP) is 0.517. The quantitative estimate of drug-likeness (QED) is 0.512. The molecular formula is C17H19F2NO7. The molecule has 0 aromatic heterocycles. The second-order valence-electron chi connectivity index (χ2n) is 5.40. The average Bonchev–Trinajstić information content (AvgIpc) is 2.65. The van der Waals surface area contributed by atoms with Gasteiger partial charge in [0.1, 0.15) is 6.04 Å². The number of nitrogens with one attached hydrogen (secondary N) is 1. The lowest BCUT2D eigenvalue weighted by molar-refractivity contribution is -0.159. The van der Waals surface area contributed by atoms with Crippen molar-refractivity contribution in [2.24, 2.45) is 5.92 Å². The van der Waals surface area contributed by atoms with Crippen LogP contribution in [0, 0.1) is 17.6 Å². The number of esters is 3. The SMILES string of the molecule is COC(=O)C[C@@H](C(=O)OC)[C@H](NC(=O)Cc1ccc(F)c(F)c1)C(=O)OC. The lowest BCUT2D eigenvalue weighted by Crippen LogP contribution is -2.50. The van der Waals surface area contributed by atoms with Gasteiger partial charge in [-0.25, -0.2) is 13.6 Å². The molecule has 27 heavy (non-hydrogen) atoms. The summed E-state index contributed by atoms with van der Waals surface area (Å²) in [5.41, 5.74) is 0.137. The Morgan fingerprint density at radius 3 is 2.11 bits per heavy atom. The van der Waals surface area contributed by atoms with Crippen LogP contribution < -0.4 is 5.32 Å². The first-order valence-electron chi connectivity index (χ1n) is 7.69. The highest BCUT2D eigenvalue weighted by Gasteiger charge is 2.38. The highest BCUT2D eigenvalue weighted by molar-refractivity contribution is 5.91. The molecule has 0 saturated carbocycles. The standard InChI is InChI=1S/C17H19F2NO7/c1-25-14(22)8-10(16(23)26-2)15(17(24)27-3)20-13(21)7-9-4-5-11(18)12(19)6-9/h4-6,10,15H,7-8H2,1-3H3,(H,20,21)/t10-,15+/m1/s1. The monoisotopic (exact) mass is 387 g/mol. The van der Waals surface area contributed by atoms with Crippen molar-refractivity contribution in [2.45, 2.75) is 18.9 Å². The van der Waals surface area contributed by atoms with E-state index in [4.69, 9.17) is 0 Å². The van der Waals surface area contributed by atoms with Crippen LogP contribution in [0.1, 0.15) is 12.0 Å². The van der Waals surface area contributed by atoms with Gasteiger partial charge in [0.25, 0.3) is 0 Å². The first-order chi connectivity index (χ1) is 12.7. The van der Waals surface area contributed by atoms with Gasteiger partial charge < -0.3 is 19.5 Å². The Labute approximate surface area is 153 Å². The van der Waals surface area contributed by atoms with Crippen LogP contribution in [0.25, 0.3) is 0 Å². The van der Waals surface area contributed by atoms with Crippen molar-refractivity contribution in [3.8, 4) is 0 Å². The minimum atomic E-state index is -1.54. The van der Waals surface area contributed by atoms with Gasteiger partial charge in [-0.1, -0.05) is 6.07 Å². The molecule has 0 bridgehead atoms. The Hall–Kier alpha value is -3.04. The minimum Gasteiger partial charge on any atom is -0.469 e. The van der Waals surface area contributed by atoms with Crippen LogP contribution in [0.15, 0.2) is 18.2 Å². The molecule has 0 spiro atoms. The number of halogens is 2. The highest BCUT2D eigenvalue weighted by Crippen LogP contribution is 2.15. The second-order valence-corrected chi connectivity index (χ2v) is 5.40. The van der Waals surface area contributed by atoms with E-state index in [2.05, 4.69) is 19.5 Å². The summed E-state index contributed by atoms with van der Waals surface area (Å²) in [5, 5.41) is 2.26. The van der Waals surface area contributed by atoms with Crippen LogP contribution in [-0.2, 0) is 39.8 Å². The number of ether oxygens (including phenoxy) is 3. The first kappa shape index (κ1) is 22.0. The number of hydrogen-bond acceptors (Lipinski definition) is 7. The zero-order valence-electron chi connectivity index (χ0n) is 14.9. The largest absolute Gasteiger partial charge is 0.469 e. The Balaban J connectivity index is 3.01. The molecule has 1 aromatic carbocycles. The van der Waals surface area contributed by atoms with Gasteiger partial charge >= 0.3 is 17.9 Å². The van der Waals surface area contributed by atoms with E-state index in [9.17, 15) is 28.0 Å². The van der Waals surface area contributed by atoms with Crippen LogP contribution in [0.2, 0.25) is 0 Å². The first-order valence-corrected chi connectivity index (χ1v) is 7.69. The van der Waals surface area contributed by atoms with E-state index in [1.54, 1.807) is 0 Å². The summed E-state index contributed by atoms with van der Waals surface area (Å²) in [4.78, 5) is 47.7. The van der Waals surface area contributed by atoms with Crippen LogP contribution in [0.5, 0.6) is 0 Å². The van der Waals surface area contributed by atoms with Crippen LogP contribution in [0.3, 0.4) is 0 Å². The van der Waals surface area contributed by atoms with Gasteiger partial charge in [-0.05, 0) is 17.7 Å². The van der Waals surface area contributed by atoms with E-state index in [1.807, 2.05) is 0 Å². The fraction of sp³-hybridized carbons (Fsp3) is 0.412. The van der Waals surface area contributed by atoms with Gasteiger partial charge in [-0.2, -0.15) is 0 Å². The Kier molecular flexibility index (Phi) is 8.31. The molecule has 1 amide bonds. The summed E-state index contributed by atoms with van der Waals surface area (Å²) in [6, 6.07) is 1.33. The fourth-order valence-corrected chi connectivity index (χ4v) is 2.26. The van der Waals surface area contributed by atoms with E-state index in [0.717, 1.165) is 33.5 Å². The van der Waals surface area contributed by atoms with Crippen molar-refractivity contribution in [2.75, 3.05) is 21.3 Å². The molecule has 148 valence electrons. The Morgan fingerprint density at radius 2 is 1.59 bits per heavy atom. The van der Waals surface area contributed by atoms with Gasteiger partial charge in [0.15, 0.2) is 11.6 Å². The number of carbonyl (C=O) groups excluding carboxylic acids is 4. The molecule has 0 aliphatic rings. The topological polar surface area (TPSA) is 108 Å². The molecule has 0 unspecified atom stereocenters. The fourth-order valence-electron chi connectivity index (χ4n) is 2.26. The third kappa shape index (κ3) is 6.32. The number of hydrogen-bond donors (Lipinski definition) is 1. The molecule has 1 N–H and O–H groups in total. The van der Waals surface area contributed by atoms with Crippen LogP contribution in [0.4, 0.5) is 8.78 Å². The molecule has 1 rings (SSSR count). The van der Waals surface area contributed by atoms with Crippen molar-refractivity contribution in [3.63, 3.8) is 0 Å². The molecule has 10 heteroatoms. The molecule has 1 aromatic rings. The van der Waals surface area contributed by atoms with Crippen molar-refractivity contribution in [1.29, 1.82) is 0 Å². The molecule has 0 radical (unpaired) electrons. The van der Waals surface area contributed by atoms with E-state index in [0.29, 0.717) is 0 Å². The summed E-state index contributed by atoms with van der Waals surface area (Å²) < 4.78 is 39.8. The summed E-state index contributed by atoms with van der Waals surface area (Å²) in [6.07, 6.45) is -0.953. The van der Waals surface area contributed by atoms with Gasteiger partial charge in [0.2, 0.25) is 5.91 Å². The van der Waals surface area contributed by atoms with Gasteiger partial charge in [-0.15, -0.1) is 0 Å². The maximum Gasteiger partial charge on any atom is 0.329 e. The van der Waals surface area contributed by atoms with Crippen molar-refractivity contribution in [3.05, 3.63) is 35.4 Å². The van der Waals surface area contributed by atoms with E-state index < -0.39 is 60.3 Å². The van der Waals surface area contributed by atoms with Crippen molar-refractivity contribution in [1.82, 2.24) is 5.32 Å². The zero-order chi connectivity index (χ0) is 20.6. The summed E-state index contributed by atoms with van der Waals surface area (Å²) in [5.74, 6) is -7.14. The number of rotatable bonds is 8. The maximum atomic E-state index is 13.2. The molecule has 0 heterocycles. The number of benzene rings is 1. The smallest absolute Gasteiger partial charge is 0.329 e. The van der Waals surface area contributed by atoms with Gasteiger partial charge in [0.05, 0.1) is 40.1 Å². The molecule has 8 nitrogen and oxygen atoms in total. The predicted molar refractivity (Wildman–Crippen MR) is 86.1 cm³/mol. The van der Waals surface area contributed by atoms with Crippen LogP contribution >= 0.6 is 0 Å². The van der Waals surface area contributed by atoms with E-state index in [-0.39, 0.29) is 5.56 Å². The highest BCUT2D eigenvalue weighted by atomic mass is 19.2. The minimum absolute atomic E-state index is 0.137. The number of amides is 1. The number of methoxy groups -OCH3 is 3. The molecule has 0 fully saturated rings. The Morgan fingerprint density at radius 1 is 0.963 bits per heavy atom. The van der Waals surface area contributed by atoms with Crippen LogP contribution in [-0.4, -0.2) is 51.2 Å². The normalized spacial score (nSPS) is 12.5. The molecular weight excluding hydrogens is 368 g/mol. The molecule has 2 atom stereocenters. The summed E-state index contributed by atoms with van der Waals surface area (Å²) in [7, 11) is 3.17. The van der Waals surface area contributed by atoms with E-state index in [1.165, 1.54) is 6.07 Å². The van der Waals surface area contributed by atoms with Crippen molar-refractivity contribution >= 4 is 23.8 Å². The van der Waals surface area contributed by atoms with E-state index >= 15 is 0 Å². The summed E-state index contributed by atoms with van der Waals surface area (Å²) in [6.45, 7) is 0. The third-order valence-electron chi connectivity index (χ3n) is 3.64. The lowest BCUT2D eigenvalue weighted by Gasteiger charge is -2.23. The summed E-state index contributed by atoms with van der Waals surface area (Å²) >= 11 is 0. The molecule has 0 aliphatic carbocycles. The Bertz CT molecular complexity index is 723. The lowest BCUT2D eigenvalue weighted by atomic mass is 9.95. The number of carbonyl (C=O) groups is 4. The maximum absolute atomic E-state index is 13.2. The molecule has 0 aliphatic heterocycles. The second kappa shape index (κ2) is 10.2. The zero-order valence-corrected chi connectivity index (χ0v) is 14.9. The van der Waals surface area contributed by atoms with Gasteiger partial charge in [0, 0.05) is 0 Å².